The highest BCUT2D eigenvalue weighted by Crippen LogP contribution is 2.25. The maximum atomic E-state index is 12.6. The number of ether oxygens (including phenoxy) is 1. The number of hydrogen-bond acceptors (Lipinski definition) is 3. The highest BCUT2D eigenvalue weighted by molar-refractivity contribution is 5.36. The van der Waals surface area contributed by atoms with Crippen molar-refractivity contribution in [2.45, 2.75) is 26.4 Å². The van der Waals surface area contributed by atoms with Gasteiger partial charge < -0.3 is 4.74 Å². The number of aromatic nitrogens is 1. The van der Waals surface area contributed by atoms with Gasteiger partial charge in [-0.3, -0.25) is 0 Å². The largest absolute Gasteiger partial charge is 0.574 e. The molecule has 92 valence electrons. The van der Waals surface area contributed by atoms with E-state index in [4.69, 9.17) is 5.26 Å². The van der Waals surface area contributed by atoms with E-state index < -0.39 is 18.9 Å². The summed E-state index contributed by atoms with van der Waals surface area (Å²) in [6, 6.07) is 2.67. The first-order chi connectivity index (χ1) is 7.87. The number of rotatable bonds is 3. The lowest BCUT2D eigenvalue weighted by atomic mass is 10.1. The van der Waals surface area contributed by atoms with Gasteiger partial charge in [-0.05, 0) is 12.5 Å². The van der Waals surface area contributed by atoms with Gasteiger partial charge in [0.15, 0.2) is 0 Å². The molecule has 0 aliphatic carbocycles. The van der Waals surface area contributed by atoms with Crippen molar-refractivity contribution in [2.24, 2.45) is 0 Å². The van der Waals surface area contributed by atoms with Gasteiger partial charge in [0.2, 0.25) is 5.88 Å². The summed E-state index contributed by atoms with van der Waals surface area (Å²) in [4.78, 5) is 3.48. The quantitative estimate of drug-likeness (QED) is 0.772. The molecule has 0 atom stereocenters. The van der Waals surface area contributed by atoms with E-state index in [1.807, 2.05) is 0 Å². The summed E-state index contributed by atoms with van der Waals surface area (Å²) < 4.78 is 52.2. The fraction of sp³-hybridized carbons (Fsp3) is 0.400. The fourth-order valence-corrected chi connectivity index (χ4v) is 1.33. The second-order valence-corrected chi connectivity index (χ2v) is 3.20. The van der Waals surface area contributed by atoms with Gasteiger partial charge in [0.1, 0.15) is 6.67 Å². The first-order valence-corrected chi connectivity index (χ1v) is 4.55. The maximum absolute atomic E-state index is 12.6. The van der Waals surface area contributed by atoms with Crippen LogP contribution in [-0.4, -0.2) is 11.3 Å². The summed E-state index contributed by atoms with van der Waals surface area (Å²) >= 11 is 0. The molecule has 3 nitrogen and oxygen atoms in total. The third-order valence-corrected chi connectivity index (χ3v) is 2.02. The molecule has 0 radical (unpaired) electrons. The lowest BCUT2D eigenvalue weighted by Gasteiger charge is -2.12. The Balaban J connectivity index is 3.15. The monoisotopic (exact) mass is 248 g/mol. The average Bonchev–Trinajstić information content (AvgIpc) is 2.15. The van der Waals surface area contributed by atoms with Crippen LogP contribution in [0.4, 0.5) is 17.6 Å². The van der Waals surface area contributed by atoms with E-state index in [1.54, 1.807) is 6.07 Å². The van der Waals surface area contributed by atoms with E-state index in [9.17, 15) is 17.6 Å². The minimum Gasteiger partial charge on any atom is -0.388 e. The van der Waals surface area contributed by atoms with E-state index >= 15 is 0 Å². The van der Waals surface area contributed by atoms with Crippen LogP contribution in [0.1, 0.15) is 16.8 Å². The topological polar surface area (TPSA) is 45.9 Å². The number of halogens is 4. The van der Waals surface area contributed by atoms with Crippen molar-refractivity contribution >= 4 is 0 Å². The molecule has 0 saturated carbocycles. The molecule has 1 aromatic rings. The van der Waals surface area contributed by atoms with Gasteiger partial charge in [0.25, 0.3) is 0 Å². The average molecular weight is 248 g/mol. The third kappa shape index (κ3) is 3.59. The molecular weight excluding hydrogens is 240 g/mol. The number of pyridine rings is 1. The smallest absolute Gasteiger partial charge is 0.388 e. The van der Waals surface area contributed by atoms with Gasteiger partial charge >= 0.3 is 6.36 Å². The number of aryl methyl sites for hydroxylation is 1. The second-order valence-electron chi connectivity index (χ2n) is 3.20. The molecule has 0 aromatic carbocycles. The Kier molecular flexibility index (Phi) is 3.89. The zero-order valence-corrected chi connectivity index (χ0v) is 8.81. The van der Waals surface area contributed by atoms with Gasteiger partial charge in [0, 0.05) is 17.3 Å². The Morgan fingerprint density at radius 3 is 2.59 bits per heavy atom. The predicted molar refractivity (Wildman–Crippen MR) is 49.8 cm³/mol. The molecule has 1 heterocycles. The van der Waals surface area contributed by atoms with Crippen molar-refractivity contribution in [3.05, 3.63) is 22.9 Å². The summed E-state index contributed by atoms with van der Waals surface area (Å²) in [6.45, 7) is 0.473. The van der Waals surface area contributed by atoms with Crippen molar-refractivity contribution in [3.63, 3.8) is 0 Å². The Bertz CT molecular complexity index is 451. The van der Waals surface area contributed by atoms with Gasteiger partial charge in [-0.2, -0.15) is 5.26 Å². The molecule has 0 N–H and O–H groups in total. The Labute approximate surface area is 94.6 Å². The van der Waals surface area contributed by atoms with E-state index in [-0.39, 0.29) is 23.2 Å². The van der Waals surface area contributed by atoms with E-state index in [1.165, 1.54) is 6.92 Å². The molecule has 0 fully saturated rings. The van der Waals surface area contributed by atoms with Crippen LogP contribution in [0.25, 0.3) is 0 Å². The minimum absolute atomic E-state index is 0.0829. The number of nitriles is 1. The molecule has 0 bridgehead atoms. The predicted octanol–water partition coefficient (Wildman–Crippen LogP) is 2.82. The summed E-state index contributed by atoms with van der Waals surface area (Å²) in [6.07, 6.45) is -5.06. The molecule has 0 saturated heterocycles. The van der Waals surface area contributed by atoms with Gasteiger partial charge in [-0.1, -0.05) is 0 Å². The Morgan fingerprint density at radius 1 is 1.47 bits per heavy atom. The molecule has 0 spiro atoms. The molecule has 0 amide bonds. The van der Waals surface area contributed by atoms with Crippen LogP contribution >= 0.6 is 0 Å². The molecule has 1 rings (SSSR count). The molecule has 17 heavy (non-hydrogen) atoms. The zero-order valence-electron chi connectivity index (χ0n) is 8.81. The molecule has 0 unspecified atom stereocenters. The number of hydrogen-bond donors (Lipinski definition) is 0. The zero-order chi connectivity index (χ0) is 13.1. The molecule has 0 aliphatic rings. The summed E-state index contributed by atoms with van der Waals surface area (Å²) in [5, 5.41) is 8.50. The first kappa shape index (κ1) is 13.2. The van der Waals surface area contributed by atoms with Crippen molar-refractivity contribution in [1.82, 2.24) is 4.98 Å². The van der Waals surface area contributed by atoms with Crippen LogP contribution in [-0.2, 0) is 13.1 Å². The molecule has 7 heteroatoms. The lowest BCUT2D eigenvalue weighted by Crippen LogP contribution is -2.18. The standard InChI is InChI=1S/C10H8F4N2O/c1-6-8(5-11)7(2-3-15)4-9(16-6)17-10(12,13)14/h4H,2,5H2,1H3. The maximum Gasteiger partial charge on any atom is 0.574 e. The van der Waals surface area contributed by atoms with Crippen LogP contribution in [0, 0.1) is 18.3 Å². The van der Waals surface area contributed by atoms with E-state index in [2.05, 4.69) is 9.72 Å². The second kappa shape index (κ2) is 4.99. The normalized spacial score (nSPS) is 11.1. The van der Waals surface area contributed by atoms with Crippen LogP contribution in [0.15, 0.2) is 6.07 Å². The third-order valence-electron chi connectivity index (χ3n) is 2.02. The van der Waals surface area contributed by atoms with Gasteiger partial charge in [-0.25, -0.2) is 9.37 Å². The van der Waals surface area contributed by atoms with Crippen molar-refractivity contribution < 1.29 is 22.3 Å². The SMILES string of the molecule is Cc1nc(OC(F)(F)F)cc(CC#N)c1CF. The Hall–Kier alpha value is -1.84. The van der Waals surface area contributed by atoms with E-state index in [0.717, 1.165) is 6.07 Å². The Morgan fingerprint density at radius 2 is 2.12 bits per heavy atom. The van der Waals surface area contributed by atoms with Crippen molar-refractivity contribution in [1.29, 1.82) is 5.26 Å². The van der Waals surface area contributed by atoms with Crippen LogP contribution < -0.4 is 4.74 Å². The summed E-state index contributed by atoms with van der Waals surface area (Å²) in [5.41, 5.74) is 0.363. The minimum atomic E-state index is -4.86. The molecular formula is C10H8F4N2O. The number of alkyl halides is 4. The highest BCUT2D eigenvalue weighted by Gasteiger charge is 2.32. The van der Waals surface area contributed by atoms with Gasteiger partial charge in [0.05, 0.1) is 12.5 Å². The van der Waals surface area contributed by atoms with Crippen LogP contribution in [0.2, 0.25) is 0 Å². The lowest BCUT2D eigenvalue weighted by molar-refractivity contribution is -0.276. The summed E-state index contributed by atoms with van der Waals surface area (Å²) in [5.74, 6) is -0.683. The van der Waals surface area contributed by atoms with Gasteiger partial charge in [-0.15, -0.1) is 13.2 Å². The molecule has 0 aliphatic heterocycles. The first-order valence-electron chi connectivity index (χ1n) is 4.55. The summed E-state index contributed by atoms with van der Waals surface area (Å²) in [7, 11) is 0. The fourth-order valence-electron chi connectivity index (χ4n) is 1.33. The van der Waals surface area contributed by atoms with Crippen molar-refractivity contribution in [3.8, 4) is 11.9 Å². The van der Waals surface area contributed by atoms with Crippen LogP contribution in [0.5, 0.6) is 5.88 Å². The van der Waals surface area contributed by atoms with Crippen LogP contribution in [0.3, 0.4) is 0 Å². The number of nitrogens with zero attached hydrogens (tertiary/aromatic N) is 2. The molecule has 1 aromatic heterocycles. The highest BCUT2D eigenvalue weighted by atomic mass is 19.4. The van der Waals surface area contributed by atoms with E-state index in [0.29, 0.717) is 0 Å². The van der Waals surface area contributed by atoms with Crippen molar-refractivity contribution in [2.75, 3.05) is 0 Å².